The van der Waals surface area contributed by atoms with Gasteiger partial charge in [0.1, 0.15) is 0 Å². The number of sulfone groups is 1. The molecule has 0 atom stereocenters. The number of hydrogen-bond donors (Lipinski definition) is 0. The van der Waals surface area contributed by atoms with Gasteiger partial charge in [-0.25, -0.2) is 8.42 Å². The van der Waals surface area contributed by atoms with Gasteiger partial charge in [0.15, 0.2) is 9.84 Å². The van der Waals surface area contributed by atoms with Crippen molar-refractivity contribution in [2.75, 3.05) is 6.26 Å². The molecule has 0 aliphatic heterocycles. The Labute approximate surface area is 122 Å². The maximum atomic E-state index is 12.2. The molecule has 0 spiro atoms. The van der Waals surface area contributed by atoms with Crippen LogP contribution in [-0.4, -0.2) is 14.7 Å². The van der Waals surface area contributed by atoms with Gasteiger partial charge in [0.2, 0.25) is 0 Å². The van der Waals surface area contributed by atoms with Crippen molar-refractivity contribution in [3.05, 3.63) is 54.1 Å². The Kier molecular flexibility index (Phi) is 3.15. The van der Waals surface area contributed by atoms with E-state index in [0.29, 0.717) is 4.90 Å². The summed E-state index contributed by atoms with van der Waals surface area (Å²) in [5.74, 6) is 0. The smallest absolute Gasteiger partial charge is 0.177 e. The second-order valence-electron chi connectivity index (χ2n) is 4.89. The Balaban J connectivity index is 2.38. The number of fused-ring (bicyclic) bond motifs is 1. The van der Waals surface area contributed by atoms with Gasteiger partial charge in [0.25, 0.3) is 0 Å². The number of hydrogen-bond acceptors (Lipinski definition) is 3. The number of rotatable bonds is 2. The van der Waals surface area contributed by atoms with Gasteiger partial charge in [-0.3, -0.25) is 0 Å². The highest BCUT2D eigenvalue weighted by Gasteiger charge is 2.21. The van der Waals surface area contributed by atoms with Gasteiger partial charge in [-0.05, 0) is 18.6 Å². The summed E-state index contributed by atoms with van der Waals surface area (Å²) in [6.07, 6.45) is 1.28. The van der Waals surface area contributed by atoms with Crippen LogP contribution in [0.3, 0.4) is 0 Å². The second kappa shape index (κ2) is 4.72. The normalized spacial score (nSPS) is 11.9. The van der Waals surface area contributed by atoms with E-state index in [4.69, 9.17) is 0 Å². The van der Waals surface area contributed by atoms with Crippen molar-refractivity contribution in [1.29, 1.82) is 0 Å². The quantitative estimate of drug-likeness (QED) is 0.708. The fourth-order valence-electron chi connectivity index (χ4n) is 2.28. The monoisotopic (exact) mass is 302 g/mol. The van der Waals surface area contributed by atoms with E-state index >= 15 is 0 Å². The SMILES string of the molecule is Cc1ccc(-c2sc3ccccc3c2S(C)(=O)=O)cc1. The average molecular weight is 302 g/mol. The van der Waals surface area contributed by atoms with Crippen molar-refractivity contribution in [2.45, 2.75) is 11.8 Å². The predicted octanol–water partition coefficient (Wildman–Crippen LogP) is 4.28. The van der Waals surface area contributed by atoms with E-state index in [2.05, 4.69) is 0 Å². The molecule has 3 aromatic rings. The molecule has 102 valence electrons. The van der Waals surface area contributed by atoms with E-state index in [1.165, 1.54) is 17.6 Å². The lowest BCUT2D eigenvalue weighted by atomic mass is 10.1. The summed E-state index contributed by atoms with van der Waals surface area (Å²) >= 11 is 1.53. The molecule has 0 aliphatic rings. The summed E-state index contributed by atoms with van der Waals surface area (Å²) in [4.78, 5) is 1.27. The molecular formula is C16H14O2S2. The molecule has 0 bridgehead atoms. The second-order valence-corrected chi connectivity index (χ2v) is 7.90. The van der Waals surface area contributed by atoms with Crippen LogP contribution in [0.5, 0.6) is 0 Å². The minimum absolute atomic E-state index is 0.446. The van der Waals surface area contributed by atoms with Crippen LogP contribution >= 0.6 is 11.3 Å². The first-order valence-electron chi connectivity index (χ1n) is 6.25. The van der Waals surface area contributed by atoms with Gasteiger partial charge in [-0.15, -0.1) is 11.3 Å². The van der Waals surface area contributed by atoms with E-state index in [1.807, 2.05) is 55.5 Å². The van der Waals surface area contributed by atoms with Gasteiger partial charge in [-0.2, -0.15) is 0 Å². The molecule has 1 aromatic heterocycles. The van der Waals surface area contributed by atoms with Gasteiger partial charge in [-0.1, -0.05) is 48.0 Å². The first-order chi connectivity index (χ1) is 9.47. The van der Waals surface area contributed by atoms with Gasteiger partial charge >= 0.3 is 0 Å². The fraction of sp³-hybridized carbons (Fsp3) is 0.125. The molecule has 0 fully saturated rings. The Bertz CT molecular complexity index is 872. The third kappa shape index (κ3) is 2.25. The molecule has 2 nitrogen and oxygen atoms in total. The van der Waals surface area contributed by atoms with E-state index < -0.39 is 9.84 Å². The zero-order chi connectivity index (χ0) is 14.3. The van der Waals surface area contributed by atoms with Crippen molar-refractivity contribution >= 4 is 31.3 Å². The summed E-state index contributed by atoms with van der Waals surface area (Å²) in [6, 6.07) is 15.6. The van der Waals surface area contributed by atoms with E-state index in [9.17, 15) is 8.42 Å². The first kappa shape index (κ1) is 13.3. The topological polar surface area (TPSA) is 34.1 Å². The van der Waals surface area contributed by atoms with Crippen molar-refractivity contribution in [2.24, 2.45) is 0 Å². The van der Waals surface area contributed by atoms with Crippen LogP contribution in [0, 0.1) is 6.92 Å². The highest BCUT2D eigenvalue weighted by atomic mass is 32.2. The van der Waals surface area contributed by atoms with Crippen LogP contribution in [0.4, 0.5) is 0 Å². The summed E-state index contributed by atoms with van der Waals surface area (Å²) in [6.45, 7) is 2.02. The standard InChI is InChI=1S/C16H14O2S2/c1-11-7-9-12(10-8-11)15-16(20(2,17)18)13-5-3-4-6-14(13)19-15/h3-10H,1-2H3. The minimum Gasteiger partial charge on any atom is -0.224 e. The molecule has 0 radical (unpaired) electrons. The van der Waals surface area contributed by atoms with Crippen LogP contribution in [-0.2, 0) is 9.84 Å². The molecule has 0 N–H and O–H groups in total. The summed E-state index contributed by atoms with van der Waals surface area (Å²) in [5.41, 5.74) is 2.12. The lowest BCUT2D eigenvalue weighted by molar-refractivity contribution is 0.603. The molecule has 0 saturated heterocycles. The summed E-state index contributed by atoms with van der Waals surface area (Å²) in [7, 11) is -3.26. The molecule has 3 rings (SSSR count). The van der Waals surface area contributed by atoms with Crippen LogP contribution in [0.15, 0.2) is 53.4 Å². The Morgan fingerprint density at radius 1 is 0.950 bits per heavy atom. The molecule has 1 heterocycles. The third-order valence-corrected chi connectivity index (χ3v) is 5.75. The first-order valence-corrected chi connectivity index (χ1v) is 8.96. The third-order valence-electron chi connectivity index (χ3n) is 3.23. The molecule has 0 unspecified atom stereocenters. The highest BCUT2D eigenvalue weighted by Crippen LogP contribution is 2.41. The van der Waals surface area contributed by atoms with Gasteiger partial charge in [0.05, 0.1) is 9.77 Å². The zero-order valence-corrected chi connectivity index (χ0v) is 12.9. The molecule has 2 aromatic carbocycles. The molecule has 20 heavy (non-hydrogen) atoms. The van der Waals surface area contributed by atoms with Crippen LogP contribution in [0.25, 0.3) is 20.5 Å². The van der Waals surface area contributed by atoms with Crippen molar-refractivity contribution < 1.29 is 8.42 Å². The van der Waals surface area contributed by atoms with Gasteiger partial charge < -0.3 is 0 Å². The van der Waals surface area contributed by atoms with Crippen LogP contribution in [0.2, 0.25) is 0 Å². The van der Waals surface area contributed by atoms with Crippen molar-refractivity contribution in [3.8, 4) is 10.4 Å². The van der Waals surface area contributed by atoms with Crippen LogP contribution in [0.1, 0.15) is 5.56 Å². The number of aryl methyl sites for hydroxylation is 1. The van der Waals surface area contributed by atoms with E-state index in [0.717, 1.165) is 26.1 Å². The Morgan fingerprint density at radius 3 is 2.25 bits per heavy atom. The Morgan fingerprint density at radius 2 is 1.60 bits per heavy atom. The lowest BCUT2D eigenvalue weighted by Crippen LogP contribution is -1.97. The zero-order valence-electron chi connectivity index (χ0n) is 11.3. The molecule has 0 aliphatic carbocycles. The predicted molar refractivity (Wildman–Crippen MR) is 85.1 cm³/mol. The van der Waals surface area contributed by atoms with Crippen LogP contribution < -0.4 is 0 Å². The summed E-state index contributed by atoms with van der Waals surface area (Å²) < 4.78 is 25.4. The summed E-state index contributed by atoms with van der Waals surface area (Å²) in [5, 5.41) is 0.815. The van der Waals surface area contributed by atoms with Gasteiger partial charge in [0, 0.05) is 16.3 Å². The molecule has 4 heteroatoms. The fourth-order valence-corrected chi connectivity index (χ4v) is 5.06. The molecule has 0 saturated carbocycles. The highest BCUT2D eigenvalue weighted by molar-refractivity contribution is 7.91. The maximum absolute atomic E-state index is 12.2. The average Bonchev–Trinajstić information content (AvgIpc) is 2.78. The molecule has 0 amide bonds. The number of benzene rings is 2. The minimum atomic E-state index is -3.26. The van der Waals surface area contributed by atoms with E-state index in [-0.39, 0.29) is 0 Å². The van der Waals surface area contributed by atoms with Crippen molar-refractivity contribution in [3.63, 3.8) is 0 Å². The Hall–Kier alpha value is -1.65. The molecular weight excluding hydrogens is 288 g/mol. The lowest BCUT2D eigenvalue weighted by Gasteiger charge is -2.03. The number of thiophene rings is 1. The van der Waals surface area contributed by atoms with Crippen molar-refractivity contribution in [1.82, 2.24) is 0 Å². The largest absolute Gasteiger partial charge is 0.224 e. The maximum Gasteiger partial charge on any atom is 0.177 e. The van der Waals surface area contributed by atoms with E-state index in [1.54, 1.807) is 0 Å².